The van der Waals surface area contributed by atoms with Gasteiger partial charge in [-0.05, 0) is 47.4 Å². The summed E-state index contributed by atoms with van der Waals surface area (Å²) in [6.07, 6.45) is 10.2. The molecule has 0 amide bonds. The Bertz CT molecular complexity index is 951. The number of benzene rings is 3. The number of ether oxygens (including phenoxy) is 3. The highest BCUT2D eigenvalue weighted by Gasteiger charge is 2.38. The lowest BCUT2D eigenvalue weighted by Gasteiger charge is -2.36. The van der Waals surface area contributed by atoms with E-state index in [1.165, 1.54) is 38.5 Å². The van der Waals surface area contributed by atoms with Gasteiger partial charge in [-0.1, -0.05) is 113 Å². The molecule has 0 aromatic heterocycles. The molecule has 3 rings (SSSR count). The van der Waals surface area contributed by atoms with Crippen molar-refractivity contribution in [3.8, 4) is 11.5 Å². The molecule has 0 aliphatic heterocycles. The summed E-state index contributed by atoms with van der Waals surface area (Å²) in [4.78, 5) is 0. The van der Waals surface area contributed by atoms with Crippen molar-refractivity contribution in [3.63, 3.8) is 0 Å². The van der Waals surface area contributed by atoms with Crippen LogP contribution in [0.25, 0.3) is 0 Å². The number of methoxy groups -OCH3 is 2. The molecule has 37 heavy (non-hydrogen) atoms. The number of hydrogen-bond donors (Lipinski definition) is 1. The van der Waals surface area contributed by atoms with Gasteiger partial charge in [0.1, 0.15) is 17.1 Å². The van der Waals surface area contributed by atoms with E-state index in [9.17, 15) is 5.11 Å². The molecule has 0 heterocycles. The molecule has 0 saturated carbocycles. The summed E-state index contributed by atoms with van der Waals surface area (Å²) in [5, 5.41) is 10.9. The Labute approximate surface area is 223 Å². The second kappa shape index (κ2) is 15.4. The minimum absolute atomic E-state index is 0.240. The van der Waals surface area contributed by atoms with Crippen molar-refractivity contribution in [2.75, 3.05) is 20.8 Å². The van der Waals surface area contributed by atoms with Crippen LogP contribution in [0.1, 0.15) is 81.4 Å². The first kappa shape index (κ1) is 28.7. The zero-order valence-electron chi connectivity index (χ0n) is 22.8. The summed E-state index contributed by atoms with van der Waals surface area (Å²) in [5.41, 5.74) is 2.07. The van der Waals surface area contributed by atoms with Gasteiger partial charge in [0.05, 0.1) is 26.9 Å². The third kappa shape index (κ3) is 8.08. The molecule has 3 aromatic rings. The Balaban J connectivity index is 1.80. The first-order valence-electron chi connectivity index (χ1n) is 13.8. The Kier molecular flexibility index (Phi) is 12.0. The van der Waals surface area contributed by atoms with Gasteiger partial charge >= 0.3 is 0 Å². The molecule has 0 radical (unpaired) electrons. The number of aliphatic hydroxyl groups excluding tert-OH is 1. The van der Waals surface area contributed by atoms with Gasteiger partial charge in [-0.25, -0.2) is 0 Å². The van der Waals surface area contributed by atoms with Crippen LogP contribution >= 0.6 is 0 Å². The summed E-state index contributed by atoms with van der Waals surface area (Å²) in [6.45, 7) is 2.49. The molecule has 3 aromatic carbocycles. The topological polar surface area (TPSA) is 47.9 Å². The Hall–Kier alpha value is -2.82. The number of hydrogen-bond acceptors (Lipinski definition) is 4. The van der Waals surface area contributed by atoms with Crippen molar-refractivity contribution in [3.05, 3.63) is 95.6 Å². The van der Waals surface area contributed by atoms with Crippen LogP contribution in [0, 0.1) is 0 Å². The monoisotopic (exact) mass is 504 g/mol. The highest BCUT2D eigenvalue weighted by atomic mass is 16.5. The maximum Gasteiger partial charge on any atom is 0.143 e. The molecule has 0 fully saturated rings. The fraction of sp³-hybridized carbons (Fsp3) is 0.455. The van der Waals surface area contributed by atoms with Crippen molar-refractivity contribution in [2.24, 2.45) is 0 Å². The minimum Gasteiger partial charge on any atom is -0.497 e. The lowest BCUT2D eigenvalue weighted by atomic mass is 9.80. The van der Waals surface area contributed by atoms with E-state index in [2.05, 4.69) is 19.1 Å². The molecule has 0 aliphatic rings. The molecule has 200 valence electrons. The van der Waals surface area contributed by atoms with Crippen molar-refractivity contribution < 1.29 is 19.3 Å². The summed E-state index contributed by atoms with van der Waals surface area (Å²) in [5.74, 6) is 1.57. The van der Waals surface area contributed by atoms with Crippen LogP contribution in [0.15, 0.2) is 78.9 Å². The Morgan fingerprint density at radius 1 is 0.622 bits per heavy atom. The minimum atomic E-state index is -0.889. The normalized spacial score (nSPS) is 12.3. The predicted octanol–water partition coefficient (Wildman–Crippen LogP) is 7.90. The lowest BCUT2D eigenvalue weighted by molar-refractivity contribution is -0.0406. The van der Waals surface area contributed by atoms with E-state index in [4.69, 9.17) is 14.2 Å². The van der Waals surface area contributed by atoms with Gasteiger partial charge in [-0.2, -0.15) is 0 Å². The fourth-order valence-electron chi connectivity index (χ4n) is 4.89. The molecule has 4 nitrogen and oxygen atoms in total. The van der Waals surface area contributed by atoms with Crippen LogP contribution in [0.5, 0.6) is 11.5 Å². The van der Waals surface area contributed by atoms with Crippen molar-refractivity contribution >= 4 is 0 Å². The third-order valence-corrected chi connectivity index (χ3v) is 7.06. The molecule has 0 bridgehead atoms. The Morgan fingerprint density at radius 2 is 1.08 bits per heavy atom. The highest BCUT2D eigenvalue weighted by molar-refractivity contribution is 5.49. The maximum absolute atomic E-state index is 10.9. The van der Waals surface area contributed by atoms with Gasteiger partial charge < -0.3 is 19.3 Å². The van der Waals surface area contributed by atoms with E-state index in [-0.39, 0.29) is 6.61 Å². The number of rotatable bonds is 17. The van der Waals surface area contributed by atoms with E-state index in [0.29, 0.717) is 0 Å². The first-order valence-corrected chi connectivity index (χ1v) is 13.8. The largest absolute Gasteiger partial charge is 0.497 e. The van der Waals surface area contributed by atoms with Crippen molar-refractivity contribution in [1.82, 2.24) is 0 Å². The van der Waals surface area contributed by atoms with Crippen molar-refractivity contribution in [2.45, 2.75) is 76.4 Å². The third-order valence-electron chi connectivity index (χ3n) is 7.06. The smallest absolute Gasteiger partial charge is 0.143 e. The quantitative estimate of drug-likeness (QED) is 0.150. The fourth-order valence-corrected chi connectivity index (χ4v) is 4.89. The summed E-state index contributed by atoms with van der Waals surface area (Å²) in [6, 6.07) is 26.2. The molecular formula is C33H44O4. The second-order valence-corrected chi connectivity index (χ2v) is 9.73. The van der Waals surface area contributed by atoms with Crippen LogP contribution in [-0.4, -0.2) is 32.0 Å². The molecule has 0 unspecified atom stereocenters. The van der Waals surface area contributed by atoms with Crippen molar-refractivity contribution in [1.29, 1.82) is 0 Å². The molecule has 1 atom stereocenters. The van der Waals surface area contributed by atoms with Crippen LogP contribution < -0.4 is 9.47 Å². The standard InChI is InChI=1S/C33H44O4/c1-4-5-6-7-8-9-10-14-17-30(34)26-37-33(27-15-12-11-13-16-27,28-18-22-31(35-2)23-19-28)29-20-24-32(36-3)25-21-29/h11-13,15-16,18-25,30,34H,4-10,14,17,26H2,1-3H3/t30-/m1/s1. The predicted molar refractivity (Wildman–Crippen MR) is 151 cm³/mol. The van der Waals surface area contributed by atoms with E-state index in [1.54, 1.807) is 14.2 Å². The molecular weight excluding hydrogens is 460 g/mol. The molecule has 0 aliphatic carbocycles. The zero-order valence-corrected chi connectivity index (χ0v) is 22.8. The van der Waals surface area contributed by atoms with E-state index >= 15 is 0 Å². The average Bonchev–Trinajstić information content (AvgIpc) is 2.96. The second-order valence-electron chi connectivity index (χ2n) is 9.73. The van der Waals surface area contributed by atoms with Gasteiger partial charge in [0.25, 0.3) is 0 Å². The van der Waals surface area contributed by atoms with Gasteiger partial charge in [0, 0.05) is 0 Å². The van der Waals surface area contributed by atoms with E-state index < -0.39 is 11.7 Å². The first-order chi connectivity index (χ1) is 18.1. The molecule has 4 heteroatoms. The average molecular weight is 505 g/mol. The molecule has 1 N–H and O–H groups in total. The van der Waals surface area contributed by atoms with Crippen LogP contribution in [-0.2, 0) is 10.3 Å². The van der Waals surface area contributed by atoms with E-state index in [1.807, 2.05) is 66.7 Å². The van der Waals surface area contributed by atoms with Crippen LogP contribution in [0.2, 0.25) is 0 Å². The van der Waals surface area contributed by atoms with Gasteiger partial charge in [-0.15, -0.1) is 0 Å². The zero-order chi connectivity index (χ0) is 26.3. The van der Waals surface area contributed by atoms with Gasteiger partial charge in [-0.3, -0.25) is 0 Å². The summed E-state index contributed by atoms with van der Waals surface area (Å²) in [7, 11) is 3.34. The van der Waals surface area contributed by atoms with Crippen LogP contribution in [0.4, 0.5) is 0 Å². The number of unbranched alkanes of at least 4 members (excludes halogenated alkanes) is 7. The summed E-state index contributed by atoms with van der Waals surface area (Å²) < 4.78 is 17.6. The molecule has 0 saturated heterocycles. The lowest BCUT2D eigenvalue weighted by Crippen LogP contribution is -2.35. The van der Waals surface area contributed by atoms with Gasteiger partial charge in [0.15, 0.2) is 0 Å². The van der Waals surface area contributed by atoms with Crippen LogP contribution in [0.3, 0.4) is 0 Å². The van der Waals surface area contributed by atoms with E-state index in [0.717, 1.165) is 47.5 Å². The van der Waals surface area contributed by atoms with Gasteiger partial charge in [0.2, 0.25) is 0 Å². The summed E-state index contributed by atoms with van der Waals surface area (Å²) >= 11 is 0. The highest BCUT2D eigenvalue weighted by Crippen LogP contribution is 2.41. The maximum atomic E-state index is 10.9. The molecule has 0 spiro atoms. The SMILES string of the molecule is CCCCCCCCCC[C@@H](O)COC(c1ccccc1)(c1ccc(OC)cc1)c1ccc(OC)cc1. The Morgan fingerprint density at radius 3 is 1.57 bits per heavy atom. The number of aliphatic hydroxyl groups is 1.